The van der Waals surface area contributed by atoms with E-state index in [1.54, 1.807) is 25.4 Å². The Bertz CT molecular complexity index is 634. The maximum absolute atomic E-state index is 12.3. The summed E-state index contributed by atoms with van der Waals surface area (Å²) in [7, 11) is 1.59. The molecule has 1 aromatic heterocycles. The summed E-state index contributed by atoms with van der Waals surface area (Å²) < 4.78 is 11.4. The second-order valence-electron chi connectivity index (χ2n) is 4.51. The van der Waals surface area contributed by atoms with Crippen LogP contribution >= 0.6 is 15.9 Å². The third-order valence-corrected chi connectivity index (χ3v) is 3.38. The summed E-state index contributed by atoms with van der Waals surface area (Å²) in [5, 5.41) is 2.86. The summed E-state index contributed by atoms with van der Waals surface area (Å²) in [5.41, 5.74) is 1.42. The Kier molecular flexibility index (Phi) is 6.36. The van der Waals surface area contributed by atoms with Crippen molar-refractivity contribution in [2.75, 3.05) is 20.3 Å². The molecule has 0 spiro atoms. The first kappa shape index (κ1) is 16.5. The molecule has 1 amide bonds. The van der Waals surface area contributed by atoms with Gasteiger partial charge in [0.1, 0.15) is 12.2 Å². The second kappa shape index (κ2) is 8.51. The van der Waals surface area contributed by atoms with Gasteiger partial charge in [0.15, 0.2) is 0 Å². The van der Waals surface area contributed by atoms with Crippen LogP contribution in [-0.4, -0.2) is 31.2 Å². The van der Waals surface area contributed by atoms with Crippen molar-refractivity contribution in [1.82, 2.24) is 10.3 Å². The van der Waals surface area contributed by atoms with Crippen LogP contribution in [0.25, 0.3) is 0 Å². The van der Waals surface area contributed by atoms with Crippen molar-refractivity contribution in [3.63, 3.8) is 0 Å². The number of carbonyl (C=O) groups excluding carboxylic acids is 1. The third-order valence-electron chi connectivity index (χ3n) is 2.88. The highest BCUT2D eigenvalue weighted by Crippen LogP contribution is 2.15. The normalized spacial score (nSPS) is 10.3. The van der Waals surface area contributed by atoms with E-state index < -0.39 is 0 Å². The number of nitrogens with one attached hydrogen (secondary N) is 1. The van der Waals surface area contributed by atoms with Crippen LogP contribution in [0, 0.1) is 0 Å². The minimum Gasteiger partial charge on any atom is -0.475 e. The molecule has 2 aromatic rings. The van der Waals surface area contributed by atoms with Gasteiger partial charge in [-0.25, -0.2) is 4.98 Å². The van der Waals surface area contributed by atoms with Crippen molar-refractivity contribution in [3.8, 4) is 5.88 Å². The number of rotatable bonds is 7. The van der Waals surface area contributed by atoms with E-state index in [0.29, 0.717) is 31.2 Å². The van der Waals surface area contributed by atoms with Crippen LogP contribution < -0.4 is 10.1 Å². The van der Waals surface area contributed by atoms with E-state index in [1.165, 1.54) is 0 Å². The van der Waals surface area contributed by atoms with Crippen molar-refractivity contribution in [1.29, 1.82) is 0 Å². The number of halogens is 1. The molecule has 0 atom stereocenters. The van der Waals surface area contributed by atoms with Crippen molar-refractivity contribution < 1.29 is 14.3 Å². The van der Waals surface area contributed by atoms with Gasteiger partial charge in [0.2, 0.25) is 5.88 Å². The first-order chi connectivity index (χ1) is 10.7. The molecule has 1 heterocycles. The smallest absolute Gasteiger partial charge is 0.257 e. The summed E-state index contributed by atoms with van der Waals surface area (Å²) in [5.74, 6) is 0.0896. The second-order valence-corrected chi connectivity index (χ2v) is 5.43. The molecule has 0 aliphatic rings. The number of benzene rings is 1. The minimum atomic E-state index is -0.222. The van der Waals surface area contributed by atoms with Crippen LogP contribution in [0.15, 0.2) is 47.1 Å². The first-order valence-corrected chi connectivity index (χ1v) is 7.59. The highest BCUT2D eigenvalue weighted by molar-refractivity contribution is 9.10. The SMILES string of the molecule is COCCOc1ncccc1C(=O)NCc1cccc(Br)c1. The Balaban J connectivity index is 2.00. The maximum Gasteiger partial charge on any atom is 0.257 e. The van der Waals surface area contributed by atoms with Crippen molar-refractivity contribution >= 4 is 21.8 Å². The van der Waals surface area contributed by atoms with Gasteiger partial charge in [0, 0.05) is 24.3 Å². The van der Waals surface area contributed by atoms with Gasteiger partial charge in [-0.05, 0) is 29.8 Å². The molecule has 5 nitrogen and oxygen atoms in total. The Morgan fingerprint density at radius 2 is 2.14 bits per heavy atom. The molecular weight excluding hydrogens is 348 g/mol. The van der Waals surface area contributed by atoms with Crippen molar-refractivity contribution in [2.24, 2.45) is 0 Å². The molecule has 2 rings (SSSR count). The lowest BCUT2D eigenvalue weighted by atomic mass is 10.2. The number of aromatic nitrogens is 1. The zero-order valence-corrected chi connectivity index (χ0v) is 13.8. The molecule has 1 aromatic carbocycles. The van der Waals surface area contributed by atoms with Gasteiger partial charge >= 0.3 is 0 Å². The first-order valence-electron chi connectivity index (χ1n) is 6.80. The van der Waals surface area contributed by atoms with Gasteiger partial charge < -0.3 is 14.8 Å². The van der Waals surface area contributed by atoms with E-state index in [4.69, 9.17) is 9.47 Å². The average molecular weight is 365 g/mol. The molecule has 0 fully saturated rings. The fourth-order valence-corrected chi connectivity index (χ4v) is 2.27. The molecule has 0 bridgehead atoms. The fourth-order valence-electron chi connectivity index (χ4n) is 1.82. The molecule has 0 aliphatic heterocycles. The molecule has 0 aliphatic carbocycles. The Morgan fingerprint density at radius 1 is 1.27 bits per heavy atom. The molecule has 0 unspecified atom stereocenters. The maximum atomic E-state index is 12.3. The van der Waals surface area contributed by atoms with E-state index in [0.717, 1.165) is 10.0 Å². The number of hydrogen-bond acceptors (Lipinski definition) is 4. The number of pyridine rings is 1. The molecule has 22 heavy (non-hydrogen) atoms. The highest BCUT2D eigenvalue weighted by atomic mass is 79.9. The van der Waals surface area contributed by atoms with E-state index in [-0.39, 0.29) is 5.91 Å². The lowest BCUT2D eigenvalue weighted by Crippen LogP contribution is -2.24. The van der Waals surface area contributed by atoms with Crippen LogP contribution in [0.3, 0.4) is 0 Å². The molecule has 0 saturated carbocycles. The minimum absolute atomic E-state index is 0.222. The summed E-state index contributed by atoms with van der Waals surface area (Å²) in [6.07, 6.45) is 1.59. The summed E-state index contributed by atoms with van der Waals surface area (Å²) in [6, 6.07) is 11.2. The van der Waals surface area contributed by atoms with E-state index in [2.05, 4.69) is 26.2 Å². The van der Waals surface area contributed by atoms with Gasteiger partial charge in [-0.2, -0.15) is 0 Å². The predicted molar refractivity (Wildman–Crippen MR) is 86.9 cm³/mol. The lowest BCUT2D eigenvalue weighted by molar-refractivity contribution is 0.0941. The molecule has 0 saturated heterocycles. The number of methoxy groups -OCH3 is 1. The van der Waals surface area contributed by atoms with Crippen LogP contribution in [0.2, 0.25) is 0 Å². The van der Waals surface area contributed by atoms with Crippen molar-refractivity contribution in [2.45, 2.75) is 6.54 Å². The molecular formula is C16H17BrN2O3. The fraction of sp³-hybridized carbons (Fsp3) is 0.250. The summed E-state index contributed by atoms with van der Waals surface area (Å²) in [4.78, 5) is 16.4. The van der Waals surface area contributed by atoms with E-state index in [1.807, 2.05) is 24.3 Å². The van der Waals surface area contributed by atoms with Crippen LogP contribution in [0.5, 0.6) is 5.88 Å². The Labute approximate surface area is 137 Å². The van der Waals surface area contributed by atoms with E-state index in [9.17, 15) is 4.79 Å². The van der Waals surface area contributed by atoms with Crippen LogP contribution in [0.4, 0.5) is 0 Å². The lowest BCUT2D eigenvalue weighted by Gasteiger charge is -2.10. The zero-order chi connectivity index (χ0) is 15.8. The largest absolute Gasteiger partial charge is 0.475 e. The third kappa shape index (κ3) is 4.82. The number of hydrogen-bond donors (Lipinski definition) is 1. The summed E-state index contributed by atoms with van der Waals surface area (Å²) in [6.45, 7) is 1.22. The van der Waals surface area contributed by atoms with Crippen LogP contribution in [-0.2, 0) is 11.3 Å². The number of carbonyl (C=O) groups is 1. The quantitative estimate of drug-likeness (QED) is 0.767. The zero-order valence-electron chi connectivity index (χ0n) is 12.2. The topological polar surface area (TPSA) is 60.5 Å². The standard InChI is InChI=1S/C16H17BrN2O3/c1-21-8-9-22-16-14(6-3-7-18-16)15(20)19-11-12-4-2-5-13(17)10-12/h2-7,10H,8-9,11H2,1H3,(H,19,20). The van der Waals surface area contributed by atoms with Gasteiger partial charge in [0.05, 0.1) is 6.61 Å². The average Bonchev–Trinajstić information content (AvgIpc) is 2.53. The molecule has 6 heteroatoms. The number of amides is 1. The van der Waals surface area contributed by atoms with Gasteiger partial charge in [0.25, 0.3) is 5.91 Å². The molecule has 1 N–H and O–H groups in total. The summed E-state index contributed by atoms with van der Waals surface area (Å²) >= 11 is 3.41. The number of ether oxygens (including phenoxy) is 2. The highest BCUT2D eigenvalue weighted by Gasteiger charge is 2.13. The number of nitrogens with zero attached hydrogens (tertiary/aromatic N) is 1. The predicted octanol–water partition coefficient (Wildman–Crippen LogP) is 2.80. The molecule has 116 valence electrons. The Morgan fingerprint density at radius 3 is 2.91 bits per heavy atom. The molecule has 0 radical (unpaired) electrons. The monoisotopic (exact) mass is 364 g/mol. The van der Waals surface area contributed by atoms with Crippen molar-refractivity contribution in [3.05, 3.63) is 58.2 Å². The van der Waals surface area contributed by atoms with Gasteiger partial charge in [-0.1, -0.05) is 28.1 Å². The van der Waals surface area contributed by atoms with Gasteiger partial charge in [-0.15, -0.1) is 0 Å². The van der Waals surface area contributed by atoms with Crippen LogP contribution in [0.1, 0.15) is 15.9 Å². The Hall–Kier alpha value is -1.92. The van der Waals surface area contributed by atoms with Gasteiger partial charge in [-0.3, -0.25) is 4.79 Å². The van der Waals surface area contributed by atoms with E-state index >= 15 is 0 Å².